The Morgan fingerprint density at radius 3 is 2.64 bits per heavy atom. The molecule has 0 aliphatic carbocycles. The van der Waals surface area contributed by atoms with E-state index in [9.17, 15) is 19.8 Å². The van der Waals surface area contributed by atoms with Crippen molar-refractivity contribution in [3.05, 3.63) is 26.4 Å². The summed E-state index contributed by atoms with van der Waals surface area (Å²) in [5.74, 6) is -0.489. The van der Waals surface area contributed by atoms with Crippen LogP contribution in [0.1, 0.15) is 12.5 Å². The van der Waals surface area contributed by atoms with E-state index in [4.69, 9.17) is 14.2 Å². The summed E-state index contributed by atoms with van der Waals surface area (Å²) in [7, 11) is 2.65. The van der Waals surface area contributed by atoms with Crippen LogP contribution in [-0.2, 0) is 28.3 Å². The maximum absolute atomic E-state index is 12.2. The molecule has 10 nitrogen and oxygen atoms in total. The molecule has 5 atom stereocenters. The zero-order valence-electron chi connectivity index (χ0n) is 14.2. The van der Waals surface area contributed by atoms with Crippen molar-refractivity contribution in [3.63, 3.8) is 0 Å². The van der Waals surface area contributed by atoms with Crippen LogP contribution in [0.25, 0.3) is 0 Å². The summed E-state index contributed by atoms with van der Waals surface area (Å²) in [4.78, 5) is 28.1. The van der Waals surface area contributed by atoms with Crippen molar-refractivity contribution in [3.8, 4) is 5.88 Å². The van der Waals surface area contributed by atoms with Gasteiger partial charge in [0.1, 0.15) is 29.9 Å². The second-order valence-electron chi connectivity index (χ2n) is 6.15. The van der Waals surface area contributed by atoms with Gasteiger partial charge in [-0.15, -0.1) is 0 Å². The van der Waals surface area contributed by atoms with Gasteiger partial charge < -0.3 is 24.4 Å². The van der Waals surface area contributed by atoms with E-state index in [1.165, 1.54) is 14.1 Å². The Labute approximate surface area is 142 Å². The highest BCUT2D eigenvalue weighted by Gasteiger charge is 2.43. The molecule has 0 aromatic carbocycles. The molecular weight excluding hydrogens is 334 g/mol. The molecule has 2 aliphatic rings. The average molecular weight is 355 g/mol. The molecule has 0 amide bonds. The SMILES string of the molecule is CC1OCC2OCC(N=Cc3c(O)n(C)c(=O)n(C)c3=O)[C@@H](O)[C@@H]2O1. The van der Waals surface area contributed by atoms with Gasteiger partial charge in [0.05, 0.1) is 13.2 Å². The quantitative estimate of drug-likeness (QED) is 0.594. The number of aliphatic hydroxyl groups excluding tert-OH is 1. The van der Waals surface area contributed by atoms with Crippen molar-refractivity contribution in [1.82, 2.24) is 9.13 Å². The molecule has 2 aliphatic heterocycles. The molecule has 0 saturated carbocycles. The van der Waals surface area contributed by atoms with Crippen molar-refractivity contribution in [1.29, 1.82) is 0 Å². The van der Waals surface area contributed by atoms with E-state index in [1.54, 1.807) is 6.92 Å². The fourth-order valence-electron chi connectivity index (χ4n) is 2.93. The van der Waals surface area contributed by atoms with E-state index in [2.05, 4.69) is 4.99 Å². The molecule has 2 N–H and O–H groups in total. The number of hydrogen-bond donors (Lipinski definition) is 2. The lowest BCUT2D eigenvalue weighted by molar-refractivity contribution is -0.291. The number of ether oxygens (including phenoxy) is 3. The number of aliphatic imine (C=N–C) groups is 1. The lowest BCUT2D eigenvalue weighted by Gasteiger charge is -2.42. The Hall–Kier alpha value is -2.01. The summed E-state index contributed by atoms with van der Waals surface area (Å²) in [5, 5.41) is 20.5. The van der Waals surface area contributed by atoms with E-state index >= 15 is 0 Å². The zero-order valence-corrected chi connectivity index (χ0v) is 14.2. The van der Waals surface area contributed by atoms with Crippen LogP contribution in [0.2, 0.25) is 0 Å². The Morgan fingerprint density at radius 1 is 1.20 bits per heavy atom. The highest BCUT2D eigenvalue weighted by Crippen LogP contribution is 2.26. The van der Waals surface area contributed by atoms with E-state index in [-0.39, 0.29) is 18.3 Å². The molecule has 3 rings (SSSR count). The van der Waals surface area contributed by atoms with Gasteiger partial charge in [-0.05, 0) is 6.92 Å². The third-order valence-electron chi connectivity index (χ3n) is 4.48. The van der Waals surface area contributed by atoms with Gasteiger partial charge in [-0.2, -0.15) is 0 Å². The number of hydrogen-bond acceptors (Lipinski definition) is 8. The highest BCUT2D eigenvalue weighted by molar-refractivity contribution is 5.82. The first-order chi connectivity index (χ1) is 11.8. The molecule has 138 valence electrons. The van der Waals surface area contributed by atoms with Gasteiger partial charge in [0.2, 0.25) is 5.88 Å². The highest BCUT2D eigenvalue weighted by atomic mass is 16.7. The van der Waals surface area contributed by atoms with E-state index in [1.807, 2.05) is 0 Å². The van der Waals surface area contributed by atoms with Crippen molar-refractivity contribution in [2.45, 2.75) is 37.6 Å². The predicted molar refractivity (Wildman–Crippen MR) is 86.0 cm³/mol. The maximum Gasteiger partial charge on any atom is 0.333 e. The molecule has 2 saturated heterocycles. The lowest BCUT2D eigenvalue weighted by atomic mass is 9.98. The van der Waals surface area contributed by atoms with Gasteiger partial charge in [-0.1, -0.05) is 0 Å². The van der Waals surface area contributed by atoms with Gasteiger partial charge in [0.25, 0.3) is 5.56 Å². The van der Waals surface area contributed by atoms with Crippen molar-refractivity contribution < 1.29 is 24.4 Å². The topological polar surface area (TPSA) is 125 Å². The predicted octanol–water partition coefficient (Wildman–Crippen LogP) is -1.90. The van der Waals surface area contributed by atoms with Crippen molar-refractivity contribution in [2.75, 3.05) is 13.2 Å². The average Bonchev–Trinajstić information content (AvgIpc) is 2.60. The number of fused-ring (bicyclic) bond motifs is 1. The van der Waals surface area contributed by atoms with Crippen molar-refractivity contribution in [2.24, 2.45) is 19.1 Å². The second-order valence-corrected chi connectivity index (χ2v) is 6.15. The smallest absolute Gasteiger partial charge is 0.333 e. The number of aromatic nitrogens is 2. The summed E-state index contributed by atoms with van der Waals surface area (Å²) in [6, 6.07) is -0.673. The lowest BCUT2D eigenvalue weighted by Crippen LogP contribution is -2.58. The molecule has 0 radical (unpaired) electrons. The second kappa shape index (κ2) is 6.71. The fraction of sp³-hybridized carbons (Fsp3) is 0.667. The summed E-state index contributed by atoms with van der Waals surface area (Å²) >= 11 is 0. The normalized spacial score (nSPS) is 32.7. The molecule has 1 aromatic rings. The first-order valence-corrected chi connectivity index (χ1v) is 7.90. The summed E-state index contributed by atoms with van der Waals surface area (Å²) in [5.41, 5.74) is -1.46. The molecule has 2 fully saturated rings. The Morgan fingerprint density at radius 2 is 1.92 bits per heavy atom. The number of nitrogens with zero attached hydrogens (tertiary/aromatic N) is 3. The summed E-state index contributed by atoms with van der Waals surface area (Å²) < 4.78 is 18.3. The van der Waals surface area contributed by atoms with Gasteiger partial charge >= 0.3 is 5.69 Å². The molecule has 3 heterocycles. The monoisotopic (exact) mass is 355 g/mol. The Kier molecular flexibility index (Phi) is 4.78. The van der Waals surface area contributed by atoms with Gasteiger partial charge in [-0.3, -0.25) is 18.9 Å². The van der Waals surface area contributed by atoms with E-state index in [0.29, 0.717) is 6.61 Å². The van der Waals surface area contributed by atoms with Crippen molar-refractivity contribution >= 4 is 6.21 Å². The van der Waals surface area contributed by atoms with Crippen LogP contribution in [0.15, 0.2) is 14.6 Å². The number of rotatable bonds is 2. The minimum atomic E-state index is -0.945. The standard InChI is InChI=1S/C15H21N3O7/c1-7-23-6-10-12(25-7)11(19)9(5-24-10)16-4-8-13(20)17(2)15(22)18(3)14(8)21/h4,7,9-12,19-20H,5-6H2,1-3H3/t7?,9?,10?,11-,12-/m1/s1. The first kappa shape index (κ1) is 17.8. The van der Waals surface area contributed by atoms with Crippen LogP contribution in [0.5, 0.6) is 5.88 Å². The van der Waals surface area contributed by atoms with E-state index < -0.39 is 41.7 Å². The van der Waals surface area contributed by atoms with Crippen LogP contribution < -0.4 is 11.2 Å². The molecule has 25 heavy (non-hydrogen) atoms. The molecule has 0 spiro atoms. The largest absolute Gasteiger partial charge is 0.494 e. The first-order valence-electron chi connectivity index (χ1n) is 7.90. The molecule has 10 heteroatoms. The zero-order chi connectivity index (χ0) is 18.3. The summed E-state index contributed by atoms with van der Waals surface area (Å²) in [6.07, 6.45) is -1.22. The minimum Gasteiger partial charge on any atom is -0.494 e. The number of aromatic hydroxyl groups is 1. The molecular formula is C15H21N3O7. The summed E-state index contributed by atoms with van der Waals surface area (Å²) in [6.45, 7) is 2.16. The Balaban J connectivity index is 1.86. The maximum atomic E-state index is 12.2. The van der Waals surface area contributed by atoms with Gasteiger partial charge in [0, 0.05) is 20.3 Å². The Bertz CT molecular complexity index is 800. The molecule has 1 aromatic heterocycles. The van der Waals surface area contributed by atoms with Crippen LogP contribution in [0, 0.1) is 0 Å². The van der Waals surface area contributed by atoms with Gasteiger partial charge in [-0.25, -0.2) is 4.79 Å². The van der Waals surface area contributed by atoms with Gasteiger partial charge in [0.15, 0.2) is 6.29 Å². The third-order valence-corrected chi connectivity index (χ3v) is 4.48. The fourth-order valence-corrected chi connectivity index (χ4v) is 2.93. The molecule has 3 unspecified atom stereocenters. The number of aliphatic hydroxyl groups is 1. The molecule has 0 bridgehead atoms. The van der Waals surface area contributed by atoms with Crippen LogP contribution in [0.4, 0.5) is 0 Å². The van der Waals surface area contributed by atoms with Crippen LogP contribution >= 0.6 is 0 Å². The van der Waals surface area contributed by atoms with Crippen LogP contribution in [-0.4, -0.2) is 69.4 Å². The third kappa shape index (κ3) is 3.13. The minimum absolute atomic E-state index is 0.118. The van der Waals surface area contributed by atoms with Crippen LogP contribution in [0.3, 0.4) is 0 Å². The van der Waals surface area contributed by atoms with E-state index in [0.717, 1.165) is 15.3 Å².